The standard InChI is InChI=1S/C20H18O4/c1-14(21)23-18(13-10-15-8-11-17(22-2)12-9-15)20-19(24-20)16-6-4-3-5-7-16/h3-9,11-12,18-20H,1-2H3/t18?,19-,20-/m0/s1. The van der Waals surface area contributed by atoms with Gasteiger partial charge in [-0.25, -0.2) is 0 Å². The third-order valence-electron chi connectivity index (χ3n) is 3.69. The molecule has 0 N–H and O–H groups in total. The second-order valence-corrected chi connectivity index (χ2v) is 5.46. The Kier molecular flexibility index (Phi) is 4.83. The molecule has 1 unspecified atom stereocenters. The maximum atomic E-state index is 11.4. The fourth-order valence-corrected chi connectivity index (χ4v) is 2.45. The van der Waals surface area contributed by atoms with Gasteiger partial charge in [0.1, 0.15) is 18.0 Å². The van der Waals surface area contributed by atoms with E-state index in [1.54, 1.807) is 7.11 Å². The molecule has 1 saturated heterocycles. The van der Waals surface area contributed by atoms with Gasteiger partial charge in [0.05, 0.1) is 7.11 Å². The van der Waals surface area contributed by atoms with Crippen molar-refractivity contribution in [2.75, 3.05) is 7.11 Å². The van der Waals surface area contributed by atoms with Gasteiger partial charge < -0.3 is 14.2 Å². The summed E-state index contributed by atoms with van der Waals surface area (Å²) in [6.07, 6.45) is -0.905. The molecule has 0 amide bonds. The summed E-state index contributed by atoms with van der Waals surface area (Å²) in [4.78, 5) is 11.4. The lowest BCUT2D eigenvalue weighted by Gasteiger charge is -2.08. The Morgan fingerprint density at radius 2 is 1.83 bits per heavy atom. The summed E-state index contributed by atoms with van der Waals surface area (Å²) in [5, 5.41) is 0. The van der Waals surface area contributed by atoms with Crippen molar-refractivity contribution >= 4 is 5.97 Å². The number of benzene rings is 2. The number of carbonyl (C=O) groups is 1. The van der Waals surface area contributed by atoms with Gasteiger partial charge in [-0.15, -0.1) is 0 Å². The lowest BCUT2D eigenvalue weighted by atomic mass is 10.1. The smallest absolute Gasteiger partial charge is 0.303 e. The minimum absolute atomic E-state index is 0.0827. The van der Waals surface area contributed by atoms with Gasteiger partial charge in [-0.05, 0) is 29.8 Å². The van der Waals surface area contributed by atoms with Gasteiger partial charge >= 0.3 is 5.97 Å². The molecule has 0 aromatic heterocycles. The van der Waals surface area contributed by atoms with Gasteiger partial charge in [-0.1, -0.05) is 42.2 Å². The molecule has 0 radical (unpaired) electrons. The van der Waals surface area contributed by atoms with Gasteiger partial charge in [0.2, 0.25) is 0 Å². The molecule has 24 heavy (non-hydrogen) atoms. The Labute approximate surface area is 141 Å². The van der Waals surface area contributed by atoms with Crippen LogP contribution in [0.1, 0.15) is 24.2 Å². The predicted molar refractivity (Wildman–Crippen MR) is 89.5 cm³/mol. The first-order chi connectivity index (χ1) is 11.7. The van der Waals surface area contributed by atoms with Crippen LogP contribution < -0.4 is 4.74 Å². The number of rotatable bonds is 4. The highest BCUT2D eigenvalue weighted by atomic mass is 16.6. The molecule has 2 aromatic carbocycles. The van der Waals surface area contributed by atoms with Gasteiger partial charge in [-0.2, -0.15) is 0 Å². The van der Waals surface area contributed by atoms with Gasteiger partial charge in [0.15, 0.2) is 6.10 Å². The summed E-state index contributed by atoms with van der Waals surface area (Å²) >= 11 is 0. The van der Waals surface area contributed by atoms with Crippen molar-refractivity contribution in [2.24, 2.45) is 0 Å². The third kappa shape index (κ3) is 3.95. The second kappa shape index (κ2) is 7.20. The highest BCUT2D eigenvalue weighted by molar-refractivity contribution is 5.66. The summed E-state index contributed by atoms with van der Waals surface area (Å²) in [7, 11) is 1.62. The fourth-order valence-electron chi connectivity index (χ4n) is 2.45. The molecule has 1 aliphatic heterocycles. The van der Waals surface area contributed by atoms with E-state index in [-0.39, 0.29) is 18.2 Å². The van der Waals surface area contributed by atoms with E-state index in [2.05, 4.69) is 11.8 Å². The van der Waals surface area contributed by atoms with Crippen molar-refractivity contribution in [3.8, 4) is 17.6 Å². The van der Waals surface area contributed by atoms with Crippen molar-refractivity contribution < 1.29 is 19.0 Å². The maximum Gasteiger partial charge on any atom is 0.303 e. The van der Waals surface area contributed by atoms with E-state index in [4.69, 9.17) is 14.2 Å². The first-order valence-corrected chi connectivity index (χ1v) is 7.70. The molecule has 2 aromatic rings. The van der Waals surface area contributed by atoms with Gasteiger partial charge in [-0.3, -0.25) is 4.79 Å². The predicted octanol–water partition coefficient (Wildman–Crippen LogP) is 3.12. The zero-order chi connectivity index (χ0) is 16.9. The first kappa shape index (κ1) is 16.1. The molecule has 0 spiro atoms. The van der Waals surface area contributed by atoms with E-state index in [0.29, 0.717) is 0 Å². The Morgan fingerprint density at radius 3 is 2.46 bits per heavy atom. The number of carbonyl (C=O) groups excluding carboxylic acids is 1. The van der Waals surface area contributed by atoms with E-state index in [1.807, 2.05) is 54.6 Å². The van der Waals surface area contributed by atoms with Crippen LogP contribution in [0.5, 0.6) is 5.75 Å². The van der Waals surface area contributed by atoms with Crippen LogP contribution in [0, 0.1) is 11.8 Å². The Bertz CT molecular complexity index is 756. The number of methoxy groups -OCH3 is 1. The average Bonchev–Trinajstić information content (AvgIpc) is 3.40. The topological polar surface area (TPSA) is 48.1 Å². The summed E-state index contributed by atoms with van der Waals surface area (Å²) in [6.45, 7) is 1.38. The molecule has 4 nitrogen and oxygen atoms in total. The Balaban J connectivity index is 1.73. The van der Waals surface area contributed by atoms with Crippen LogP contribution in [0.4, 0.5) is 0 Å². The molecule has 4 heteroatoms. The molecule has 122 valence electrons. The Morgan fingerprint density at radius 1 is 1.12 bits per heavy atom. The Hall–Kier alpha value is -2.77. The summed E-state index contributed by atoms with van der Waals surface area (Å²) < 4.78 is 16.1. The number of epoxide rings is 1. The van der Waals surface area contributed by atoms with Crippen LogP contribution in [0.25, 0.3) is 0 Å². The monoisotopic (exact) mass is 322 g/mol. The minimum atomic E-state index is -0.588. The minimum Gasteiger partial charge on any atom is -0.497 e. The van der Waals surface area contributed by atoms with Crippen LogP contribution in [0.2, 0.25) is 0 Å². The quantitative estimate of drug-likeness (QED) is 0.493. The normalized spacial score (nSPS) is 19.6. The number of esters is 1. The van der Waals surface area contributed by atoms with Crippen LogP contribution in [0.3, 0.4) is 0 Å². The molecule has 1 heterocycles. The molecule has 3 rings (SSSR count). The maximum absolute atomic E-state index is 11.4. The fraction of sp³-hybridized carbons (Fsp3) is 0.250. The zero-order valence-electron chi connectivity index (χ0n) is 13.6. The summed E-state index contributed by atoms with van der Waals surface area (Å²) in [5.74, 6) is 6.44. The highest BCUT2D eigenvalue weighted by Crippen LogP contribution is 2.41. The average molecular weight is 322 g/mol. The molecule has 0 saturated carbocycles. The van der Waals surface area contributed by atoms with Crippen molar-refractivity contribution in [3.05, 3.63) is 65.7 Å². The summed E-state index contributed by atoms with van der Waals surface area (Å²) in [5.41, 5.74) is 1.88. The second-order valence-electron chi connectivity index (χ2n) is 5.46. The molecule has 3 atom stereocenters. The van der Waals surface area contributed by atoms with Crippen molar-refractivity contribution in [1.82, 2.24) is 0 Å². The van der Waals surface area contributed by atoms with Crippen molar-refractivity contribution in [1.29, 1.82) is 0 Å². The number of ether oxygens (including phenoxy) is 3. The SMILES string of the molecule is COc1ccc(C#CC(OC(C)=O)[C@@H]2O[C@H]2c2ccccc2)cc1. The van der Waals surface area contributed by atoms with E-state index in [0.717, 1.165) is 16.9 Å². The van der Waals surface area contributed by atoms with Gasteiger partial charge in [0, 0.05) is 12.5 Å². The lowest BCUT2D eigenvalue weighted by molar-refractivity contribution is -0.144. The first-order valence-electron chi connectivity index (χ1n) is 7.70. The van der Waals surface area contributed by atoms with Crippen LogP contribution in [0.15, 0.2) is 54.6 Å². The summed E-state index contributed by atoms with van der Waals surface area (Å²) in [6, 6.07) is 17.2. The molecule has 0 aliphatic carbocycles. The molecular weight excluding hydrogens is 304 g/mol. The zero-order valence-corrected chi connectivity index (χ0v) is 13.6. The van der Waals surface area contributed by atoms with E-state index in [9.17, 15) is 4.79 Å². The number of hydrogen-bond acceptors (Lipinski definition) is 4. The number of hydrogen-bond donors (Lipinski definition) is 0. The molecular formula is C20H18O4. The van der Waals surface area contributed by atoms with Crippen LogP contribution in [-0.2, 0) is 14.3 Å². The molecule has 1 aliphatic rings. The molecule has 0 bridgehead atoms. The van der Waals surface area contributed by atoms with Crippen molar-refractivity contribution in [3.63, 3.8) is 0 Å². The third-order valence-corrected chi connectivity index (χ3v) is 3.69. The van der Waals surface area contributed by atoms with E-state index >= 15 is 0 Å². The van der Waals surface area contributed by atoms with Crippen LogP contribution in [-0.4, -0.2) is 25.3 Å². The van der Waals surface area contributed by atoms with E-state index in [1.165, 1.54) is 6.92 Å². The van der Waals surface area contributed by atoms with E-state index < -0.39 is 6.10 Å². The van der Waals surface area contributed by atoms with Gasteiger partial charge in [0.25, 0.3) is 0 Å². The lowest BCUT2D eigenvalue weighted by Crippen LogP contribution is -2.21. The van der Waals surface area contributed by atoms with Crippen LogP contribution >= 0.6 is 0 Å². The highest BCUT2D eigenvalue weighted by Gasteiger charge is 2.47. The molecule has 1 fully saturated rings. The van der Waals surface area contributed by atoms with Crippen molar-refractivity contribution in [2.45, 2.75) is 25.2 Å². The largest absolute Gasteiger partial charge is 0.497 e.